The van der Waals surface area contributed by atoms with E-state index in [9.17, 15) is 68.2 Å². The van der Waals surface area contributed by atoms with Crippen LogP contribution in [0, 0.1) is 11.8 Å². The Morgan fingerprint density at radius 3 is 2.08 bits per heavy atom. The number of carbonyl (C=O) groups excluding carboxylic acids is 7. The van der Waals surface area contributed by atoms with Crippen LogP contribution in [0.1, 0.15) is 114 Å². The van der Waals surface area contributed by atoms with Crippen LogP contribution in [0.5, 0.6) is 0 Å². The number of carboxylic acids is 1. The Morgan fingerprint density at radius 2 is 1.45 bits per heavy atom. The number of carboxylic acid groups (broad SMARTS) is 1. The summed E-state index contributed by atoms with van der Waals surface area (Å²) < 4.78 is 46.3. The van der Waals surface area contributed by atoms with Gasteiger partial charge in [-0.3, -0.25) is 52.3 Å². The van der Waals surface area contributed by atoms with E-state index < -0.39 is 142 Å². The molecule has 10 N–H and O–H groups in total. The number of ether oxygens (including phenoxy) is 4. The minimum absolute atomic E-state index is 0.109. The molecule has 5 rings (SSSR count). The summed E-state index contributed by atoms with van der Waals surface area (Å²) in [7, 11) is -5.17. The van der Waals surface area contributed by atoms with Gasteiger partial charge in [-0.2, -0.15) is 0 Å². The fraction of sp³-hybridized carbons (Fsp3) is 0.647. The number of unbranched alkanes of at least 4 members (excludes halogenated alkanes) is 2. The highest BCUT2D eigenvalue weighted by Gasteiger charge is 2.54. The van der Waals surface area contributed by atoms with E-state index >= 15 is 0 Å². The number of rotatable bonds is 31. The summed E-state index contributed by atoms with van der Waals surface area (Å²) in [4.78, 5) is 114. The second kappa shape index (κ2) is 29.2. The molecule has 26 nitrogen and oxygen atoms in total. The molecule has 0 bridgehead atoms. The van der Waals surface area contributed by atoms with Gasteiger partial charge in [0.1, 0.15) is 60.6 Å². The zero-order valence-corrected chi connectivity index (χ0v) is 45.4. The molecule has 0 aromatic heterocycles. The number of nitrogens with one attached hydrogen (secondary N) is 4. The minimum Gasteiger partial charge on any atom is -0.481 e. The zero-order chi connectivity index (χ0) is 57.6. The van der Waals surface area contributed by atoms with E-state index in [0.29, 0.717) is 35.8 Å². The monoisotopic (exact) mass is 1120 g/mol. The lowest BCUT2D eigenvalue weighted by Crippen LogP contribution is -2.69. The number of Topliss-reactive ketones (excluding diaryl/α,β-unsaturated/α-hetero) is 2. The summed E-state index contributed by atoms with van der Waals surface area (Å²) in [6, 6.07) is 5.57. The molecular weight excluding hydrogens is 1050 g/mol. The molecule has 11 unspecified atom stereocenters. The van der Waals surface area contributed by atoms with E-state index in [1.807, 2.05) is 12.1 Å². The van der Waals surface area contributed by atoms with Gasteiger partial charge in [-0.25, -0.2) is 4.57 Å². The molecule has 0 aliphatic carbocycles. The van der Waals surface area contributed by atoms with Gasteiger partial charge in [-0.05, 0) is 64.7 Å². The number of aliphatic hydroxyl groups excluding tert-OH is 4. The Kier molecular flexibility index (Phi) is 23.8. The number of aliphatic carboxylic acids is 1. The molecule has 2 fully saturated rings. The molecule has 0 spiro atoms. The number of amides is 5. The van der Waals surface area contributed by atoms with Gasteiger partial charge in [0.15, 0.2) is 18.4 Å². The average Bonchev–Trinajstić information content (AvgIpc) is 3.50. The van der Waals surface area contributed by atoms with Crippen molar-refractivity contribution in [3.8, 4) is 0 Å². The van der Waals surface area contributed by atoms with Crippen molar-refractivity contribution in [3.63, 3.8) is 0 Å². The molecular formula is C51H74N5O21P. The van der Waals surface area contributed by atoms with Gasteiger partial charge in [-0.15, -0.1) is 0 Å². The van der Waals surface area contributed by atoms with Gasteiger partial charge < -0.3 is 70.6 Å². The number of phosphoric ester groups is 1. The highest BCUT2D eigenvalue weighted by molar-refractivity contribution is 7.47. The minimum atomic E-state index is -5.17. The van der Waals surface area contributed by atoms with E-state index in [4.69, 9.17) is 33.1 Å². The highest BCUT2D eigenvalue weighted by atomic mass is 31.2. The van der Waals surface area contributed by atoms with Crippen LogP contribution in [0.3, 0.4) is 0 Å². The third kappa shape index (κ3) is 16.6. The smallest absolute Gasteiger partial charge is 0.474 e. The maximum Gasteiger partial charge on any atom is 0.474 e. The molecule has 2 aromatic carbocycles. The van der Waals surface area contributed by atoms with Gasteiger partial charge in [-0.1, -0.05) is 31.9 Å². The van der Waals surface area contributed by atoms with E-state index in [1.54, 1.807) is 18.2 Å². The molecule has 5 amide bonds. The third-order valence-electron chi connectivity index (χ3n) is 13.7. The van der Waals surface area contributed by atoms with Crippen molar-refractivity contribution in [2.75, 3.05) is 44.8 Å². The lowest BCUT2D eigenvalue weighted by molar-refractivity contribution is -0.329. The van der Waals surface area contributed by atoms with Crippen LogP contribution in [-0.4, -0.2) is 189 Å². The number of nitrogens with zero attached hydrogens (tertiary/aromatic N) is 1. The highest BCUT2D eigenvalue weighted by Crippen LogP contribution is 2.47. The van der Waals surface area contributed by atoms with E-state index in [-0.39, 0.29) is 44.0 Å². The molecule has 3 aliphatic heterocycles. The van der Waals surface area contributed by atoms with Crippen LogP contribution in [0.15, 0.2) is 30.3 Å². The number of hydrogen-bond acceptors (Lipinski definition) is 20. The number of carbonyl (C=O) groups is 8. The van der Waals surface area contributed by atoms with Gasteiger partial charge in [0.25, 0.3) is 11.8 Å². The predicted octanol–water partition coefficient (Wildman–Crippen LogP) is 1.06. The number of benzene rings is 2. The largest absolute Gasteiger partial charge is 0.481 e. The number of anilines is 1. The topological polar surface area (TPSA) is 382 Å². The van der Waals surface area contributed by atoms with Gasteiger partial charge >= 0.3 is 13.8 Å². The SMILES string of the molecule is CCCCNc1ccc2c3c(cccc13)C(=O)N(CCC(=O)NCCCC[C@H](CCC(=O)[C@@H](C)OC1C(O)C(CO)OC(OC3C(CO)OC(OP(=O)(O)OC[C@@H](C)C(=O)O)C(NC(C)=O)C3O)C1NC(C)=O)C(C)=O)C2=O. The Morgan fingerprint density at radius 1 is 0.795 bits per heavy atom. The van der Waals surface area contributed by atoms with Crippen LogP contribution in [0.25, 0.3) is 10.8 Å². The number of phosphoric acid groups is 1. The van der Waals surface area contributed by atoms with Crippen molar-refractivity contribution in [2.45, 2.75) is 160 Å². The maximum atomic E-state index is 13.6. The van der Waals surface area contributed by atoms with Crippen LogP contribution in [0.2, 0.25) is 0 Å². The molecule has 2 aromatic rings. The molecule has 0 radical (unpaired) electrons. The summed E-state index contributed by atoms with van der Waals surface area (Å²) in [5.41, 5.74) is 1.60. The Labute approximate surface area is 450 Å². The predicted molar refractivity (Wildman–Crippen MR) is 274 cm³/mol. The van der Waals surface area contributed by atoms with Gasteiger partial charge in [0, 0.05) is 79.8 Å². The molecule has 0 saturated carbocycles. The first-order valence-corrected chi connectivity index (χ1v) is 27.5. The first-order valence-electron chi connectivity index (χ1n) is 26.0. The Balaban J connectivity index is 1.14. The van der Waals surface area contributed by atoms with E-state index in [0.717, 1.165) is 49.2 Å². The maximum absolute atomic E-state index is 13.6. The number of imide groups is 1. The van der Waals surface area contributed by atoms with Crippen molar-refractivity contribution in [1.29, 1.82) is 0 Å². The molecule has 3 aliphatic rings. The summed E-state index contributed by atoms with van der Waals surface area (Å²) in [6.07, 6.45) is -12.2. The van der Waals surface area contributed by atoms with Crippen LogP contribution in [0.4, 0.5) is 5.69 Å². The fourth-order valence-electron chi connectivity index (χ4n) is 9.37. The van der Waals surface area contributed by atoms with Gasteiger partial charge in [0.2, 0.25) is 17.7 Å². The van der Waals surface area contributed by atoms with Crippen molar-refractivity contribution in [3.05, 3.63) is 41.5 Å². The summed E-state index contributed by atoms with van der Waals surface area (Å²) >= 11 is 0. The number of aliphatic hydroxyl groups is 4. The summed E-state index contributed by atoms with van der Waals surface area (Å²) in [5, 5.41) is 65.1. The van der Waals surface area contributed by atoms with Crippen molar-refractivity contribution < 1.29 is 101 Å². The lowest BCUT2D eigenvalue weighted by atomic mass is 9.91. The average molecular weight is 1120 g/mol. The lowest BCUT2D eigenvalue weighted by Gasteiger charge is -2.49. The summed E-state index contributed by atoms with van der Waals surface area (Å²) in [5.74, 6) is -6.73. The first kappa shape index (κ1) is 63.5. The van der Waals surface area contributed by atoms with Crippen LogP contribution >= 0.6 is 7.82 Å². The Hall–Kier alpha value is -5.35. The molecule has 2 saturated heterocycles. The van der Waals surface area contributed by atoms with E-state index in [1.165, 1.54) is 20.8 Å². The Bertz CT molecular complexity index is 2500. The molecule has 27 heteroatoms. The molecule has 434 valence electrons. The normalized spacial score (nSPS) is 26.1. The molecule has 3 heterocycles. The van der Waals surface area contributed by atoms with Crippen molar-refractivity contribution >= 4 is 71.4 Å². The zero-order valence-electron chi connectivity index (χ0n) is 44.5. The number of hydrogen-bond donors (Lipinski definition) is 10. The van der Waals surface area contributed by atoms with Crippen molar-refractivity contribution in [2.24, 2.45) is 11.8 Å². The van der Waals surface area contributed by atoms with Crippen molar-refractivity contribution in [1.82, 2.24) is 20.9 Å². The van der Waals surface area contributed by atoms with Gasteiger partial charge in [0.05, 0.1) is 25.7 Å². The second-order valence-corrected chi connectivity index (χ2v) is 21.1. The first-order chi connectivity index (χ1) is 36.9. The van der Waals surface area contributed by atoms with Crippen LogP contribution < -0.4 is 21.3 Å². The standard InChI is InChI=1S/C51H74N5O21P/c1-7-8-20-52-35-17-16-34-40-32(35)13-11-14-33(40)47(66)56(48(34)67)22-19-39(63)53-21-10-9-12-31(27(3)59)15-18-36(62)28(4)73-46-42(55-30(6)61)50(74-37(23-57)43(46)64)76-45-38(24-58)75-51(41(44(45)65)54-29(5)60)77-78(70,71)72-25-26(2)49(68)69/h11,13-14,16-17,26,28,31,37-38,41-46,50-52,57-58,64-65H,7-10,12,15,18-25H2,1-6H3,(H,53,63)(H,54,60)(H,55,61)(H,68,69)(H,70,71)/t26-,28-,31-,37?,38?,41?,42?,43?,44?,45?,46?,50?,51?/m1/s1. The number of ketones is 2. The second-order valence-electron chi connectivity index (χ2n) is 19.7. The summed E-state index contributed by atoms with van der Waals surface area (Å²) in [6.45, 7) is 6.38. The van der Waals surface area contributed by atoms with Crippen LogP contribution in [-0.2, 0) is 61.3 Å². The third-order valence-corrected chi connectivity index (χ3v) is 14.7. The van der Waals surface area contributed by atoms with E-state index in [2.05, 4.69) is 28.2 Å². The molecule has 14 atom stereocenters. The molecule has 78 heavy (non-hydrogen) atoms. The fourth-order valence-corrected chi connectivity index (χ4v) is 10.3. The quantitative estimate of drug-likeness (QED) is 0.0287.